The average Bonchev–Trinajstić information content (AvgIpc) is 3.52. The van der Waals surface area contributed by atoms with Crippen LogP contribution in [0.25, 0.3) is 6.08 Å². The van der Waals surface area contributed by atoms with Gasteiger partial charge < -0.3 is 9.47 Å². The number of nitrogens with zero attached hydrogens (tertiary/aromatic N) is 1. The van der Waals surface area contributed by atoms with Crippen molar-refractivity contribution in [3.8, 4) is 5.75 Å². The van der Waals surface area contributed by atoms with Gasteiger partial charge in [0.1, 0.15) is 36.6 Å². The number of allylic oxidation sites excluding steroid dienone is 1. The van der Waals surface area contributed by atoms with Gasteiger partial charge in [-0.1, -0.05) is 109 Å². The molecule has 0 aromatic heterocycles. The standard InChI is InChI=1S/C41H35F2NO4/c42-34-20-14-29(15-21-34)10-7-13-37(40(45)44-39(28-48-41(44)46)33-11-5-2-6-12-33)38(26-30-16-22-35(43)23-17-30)32-18-24-36(25-19-32)47-27-31-8-3-1-4-9-31/h1-12,14-25,37-39H,13,26-28H2. The van der Waals surface area contributed by atoms with Crippen molar-refractivity contribution in [3.63, 3.8) is 0 Å². The van der Waals surface area contributed by atoms with Gasteiger partial charge in [-0.3, -0.25) is 4.79 Å². The average molecular weight is 644 g/mol. The van der Waals surface area contributed by atoms with E-state index in [0.29, 0.717) is 18.8 Å². The molecule has 0 spiro atoms. The van der Waals surface area contributed by atoms with Crippen molar-refractivity contribution in [2.45, 2.75) is 31.4 Å². The third kappa shape index (κ3) is 8.04. The Hall–Kier alpha value is -5.56. The Labute approximate surface area is 279 Å². The number of carbonyl (C=O) groups is 2. The van der Waals surface area contributed by atoms with Gasteiger partial charge in [0.25, 0.3) is 0 Å². The molecule has 242 valence electrons. The molecule has 0 bridgehead atoms. The highest BCUT2D eigenvalue weighted by Crippen LogP contribution is 2.38. The van der Waals surface area contributed by atoms with Gasteiger partial charge in [0, 0.05) is 5.92 Å². The van der Waals surface area contributed by atoms with Gasteiger partial charge in [0.15, 0.2) is 0 Å². The molecule has 1 saturated heterocycles. The zero-order valence-electron chi connectivity index (χ0n) is 26.3. The zero-order chi connectivity index (χ0) is 33.3. The molecule has 0 N–H and O–H groups in total. The number of amides is 2. The maximum absolute atomic E-state index is 14.7. The number of cyclic esters (lactones) is 1. The van der Waals surface area contributed by atoms with Crippen molar-refractivity contribution >= 4 is 18.1 Å². The smallest absolute Gasteiger partial charge is 0.417 e. The SMILES string of the molecule is O=C1OCC(c2ccccc2)N1C(=O)C(CC=Cc1ccc(F)cc1)C(Cc1ccc(F)cc1)c1ccc(OCc2ccccc2)cc1. The monoisotopic (exact) mass is 643 g/mol. The second-order valence-corrected chi connectivity index (χ2v) is 11.8. The lowest BCUT2D eigenvalue weighted by molar-refractivity contribution is -0.134. The van der Waals surface area contributed by atoms with Crippen molar-refractivity contribution in [2.75, 3.05) is 6.61 Å². The molecule has 48 heavy (non-hydrogen) atoms. The molecule has 6 rings (SSSR count). The summed E-state index contributed by atoms with van der Waals surface area (Å²) in [6.45, 7) is 0.467. The van der Waals surface area contributed by atoms with E-state index in [-0.39, 0.29) is 30.6 Å². The van der Waals surface area contributed by atoms with Crippen LogP contribution in [0.2, 0.25) is 0 Å². The molecule has 1 aliphatic heterocycles. The first-order valence-corrected chi connectivity index (χ1v) is 15.9. The van der Waals surface area contributed by atoms with E-state index in [0.717, 1.165) is 27.8 Å². The fraction of sp³-hybridized carbons (Fsp3) is 0.171. The van der Waals surface area contributed by atoms with Crippen LogP contribution in [0, 0.1) is 17.6 Å². The first kappa shape index (κ1) is 32.4. The summed E-state index contributed by atoms with van der Waals surface area (Å²) in [5.74, 6) is -1.50. The summed E-state index contributed by atoms with van der Waals surface area (Å²) in [5.41, 5.74) is 4.32. The molecule has 0 radical (unpaired) electrons. The van der Waals surface area contributed by atoms with Crippen LogP contribution in [0.1, 0.15) is 46.2 Å². The van der Waals surface area contributed by atoms with Crippen molar-refractivity contribution in [2.24, 2.45) is 5.92 Å². The lowest BCUT2D eigenvalue weighted by Crippen LogP contribution is -2.41. The molecule has 7 heteroatoms. The van der Waals surface area contributed by atoms with Crippen LogP contribution < -0.4 is 4.74 Å². The fourth-order valence-electron chi connectivity index (χ4n) is 6.05. The summed E-state index contributed by atoms with van der Waals surface area (Å²) >= 11 is 0. The van der Waals surface area contributed by atoms with E-state index in [4.69, 9.17) is 9.47 Å². The molecule has 5 aromatic rings. The fourth-order valence-corrected chi connectivity index (χ4v) is 6.05. The first-order valence-electron chi connectivity index (χ1n) is 15.9. The number of hydrogen-bond acceptors (Lipinski definition) is 4. The summed E-state index contributed by atoms with van der Waals surface area (Å²) in [6.07, 6.45) is 3.71. The predicted molar refractivity (Wildman–Crippen MR) is 181 cm³/mol. The summed E-state index contributed by atoms with van der Waals surface area (Å²) in [6, 6.07) is 38.6. The van der Waals surface area contributed by atoms with Crippen LogP contribution >= 0.6 is 0 Å². The predicted octanol–water partition coefficient (Wildman–Crippen LogP) is 9.31. The summed E-state index contributed by atoms with van der Waals surface area (Å²) in [5, 5.41) is 0. The van der Waals surface area contributed by atoms with Crippen LogP contribution in [0.3, 0.4) is 0 Å². The van der Waals surface area contributed by atoms with E-state index >= 15 is 0 Å². The zero-order valence-corrected chi connectivity index (χ0v) is 26.3. The second-order valence-electron chi connectivity index (χ2n) is 11.8. The molecule has 0 aliphatic carbocycles. The van der Waals surface area contributed by atoms with Crippen molar-refractivity contribution in [3.05, 3.63) is 179 Å². The minimum Gasteiger partial charge on any atom is -0.489 e. The number of imide groups is 1. The van der Waals surface area contributed by atoms with E-state index < -0.39 is 24.0 Å². The van der Waals surface area contributed by atoms with Crippen LogP contribution in [-0.2, 0) is 22.6 Å². The topological polar surface area (TPSA) is 55.8 Å². The van der Waals surface area contributed by atoms with Crippen molar-refractivity contribution in [1.29, 1.82) is 0 Å². The van der Waals surface area contributed by atoms with Gasteiger partial charge in [-0.15, -0.1) is 0 Å². The maximum Gasteiger partial charge on any atom is 0.417 e. The molecule has 0 saturated carbocycles. The van der Waals surface area contributed by atoms with Crippen molar-refractivity contribution in [1.82, 2.24) is 4.90 Å². The van der Waals surface area contributed by atoms with Gasteiger partial charge in [-0.25, -0.2) is 18.5 Å². The number of ether oxygens (including phenoxy) is 2. The van der Waals surface area contributed by atoms with Gasteiger partial charge in [-0.2, -0.15) is 0 Å². The largest absolute Gasteiger partial charge is 0.489 e. The number of carbonyl (C=O) groups excluding carboxylic acids is 2. The molecule has 3 atom stereocenters. The number of rotatable bonds is 12. The van der Waals surface area contributed by atoms with Gasteiger partial charge in [0.2, 0.25) is 5.91 Å². The van der Waals surface area contributed by atoms with E-state index in [1.54, 1.807) is 24.3 Å². The Morgan fingerprint density at radius 3 is 2.08 bits per heavy atom. The van der Waals surface area contributed by atoms with Crippen LogP contribution in [0.4, 0.5) is 13.6 Å². The molecule has 3 unspecified atom stereocenters. The van der Waals surface area contributed by atoms with Gasteiger partial charge >= 0.3 is 6.09 Å². The Morgan fingerprint density at radius 1 is 0.792 bits per heavy atom. The van der Waals surface area contributed by atoms with Crippen LogP contribution in [0.5, 0.6) is 5.75 Å². The third-order valence-electron chi connectivity index (χ3n) is 8.59. The summed E-state index contributed by atoms with van der Waals surface area (Å²) in [4.78, 5) is 29.1. The molecule has 1 aliphatic rings. The normalized spacial score (nSPS) is 15.7. The highest BCUT2D eigenvalue weighted by molar-refractivity contribution is 5.95. The Balaban J connectivity index is 1.35. The van der Waals surface area contributed by atoms with Crippen LogP contribution in [-0.4, -0.2) is 23.5 Å². The molecule has 5 nitrogen and oxygen atoms in total. The lowest BCUT2D eigenvalue weighted by atomic mass is 9.78. The minimum absolute atomic E-state index is 0.0583. The summed E-state index contributed by atoms with van der Waals surface area (Å²) < 4.78 is 39.0. The molecule has 2 amide bonds. The van der Waals surface area contributed by atoms with E-state index in [1.165, 1.54) is 29.2 Å². The number of halogens is 2. The lowest BCUT2D eigenvalue weighted by Gasteiger charge is -2.31. The molecule has 5 aromatic carbocycles. The highest BCUT2D eigenvalue weighted by Gasteiger charge is 2.43. The minimum atomic E-state index is -0.709. The Morgan fingerprint density at radius 2 is 1.42 bits per heavy atom. The Bertz CT molecular complexity index is 1830. The van der Waals surface area contributed by atoms with Gasteiger partial charge in [0.05, 0.1) is 0 Å². The Kier molecular flexibility index (Phi) is 10.4. The molecule has 1 fully saturated rings. The van der Waals surface area contributed by atoms with E-state index in [9.17, 15) is 18.4 Å². The van der Waals surface area contributed by atoms with Crippen molar-refractivity contribution < 1.29 is 27.8 Å². The van der Waals surface area contributed by atoms with Gasteiger partial charge in [-0.05, 0) is 83.0 Å². The number of benzene rings is 5. The van der Waals surface area contributed by atoms with Crippen LogP contribution in [0.15, 0.2) is 140 Å². The quantitative estimate of drug-likeness (QED) is 0.136. The first-order chi connectivity index (χ1) is 23.4. The highest BCUT2D eigenvalue weighted by atomic mass is 19.1. The maximum atomic E-state index is 14.7. The molecule has 1 heterocycles. The second kappa shape index (κ2) is 15.4. The van der Waals surface area contributed by atoms with E-state index in [2.05, 4.69) is 0 Å². The number of hydrogen-bond donors (Lipinski definition) is 0. The third-order valence-corrected chi connectivity index (χ3v) is 8.59. The summed E-state index contributed by atoms with van der Waals surface area (Å²) in [7, 11) is 0. The van der Waals surface area contributed by atoms with E-state index in [1.807, 2.05) is 97.1 Å². The molecular weight excluding hydrogens is 608 g/mol. The molecular formula is C41H35F2NO4.